The normalized spacial score (nSPS) is 14.5. The first-order chi connectivity index (χ1) is 12.0. The van der Waals surface area contributed by atoms with Crippen LogP contribution in [0.4, 0.5) is 5.69 Å². The molecule has 1 aliphatic heterocycles. The number of halogens is 2. The standard InChI is InChI=1S/C18H18Cl2N2O3/c19-13-5-6-17(14(20)11-13)25-12-18(24)22-9-7-21(8-10-22)15-3-1-2-4-16(15)23/h1-6,11,23H,7-10,12H2. The molecule has 1 fully saturated rings. The molecule has 2 aromatic carbocycles. The number of aromatic hydroxyl groups is 1. The molecule has 1 saturated heterocycles. The van der Waals surface area contributed by atoms with Crippen molar-refractivity contribution in [3.63, 3.8) is 0 Å². The predicted molar refractivity (Wildman–Crippen MR) is 98.9 cm³/mol. The van der Waals surface area contributed by atoms with Crippen LogP contribution in [0.25, 0.3) is 0 Å². The smallest absolute Gasteiger partial charge is 0.260 e. The maximum absolute atomic E-state index is 12.3. The number of piperazine rings is 1. The molecule has 132 valence electrons. The van der Waals surface area contributed by atoms with Crippen LogP contribution in [-0.4, -0.2) is 48.7 Å². The number of hydrogen-bond donors (Lipinski definition) is 1. The molecule has 3 rings (SSSR count). The van der Waals surface area contributed by atoms with Gasteiger partial charge >= 0.3 is 0 Å². The van der Waals surface area contributed by atoms with Crippen LogP contribution < -0.4 is 9.64 Å². The lowest BCUT2D eigenvalue weighted by Gasteiger charge is -2.36. The Labute approximate surface area is 156 Å². The van der Waals surface area contributed by atoms with E-state index in [0.717, 1.165) is 5.69 Å². The molecule has 0 bridgehead atoms. The van der Waals surface area contributed by atoms with Gasteiger partial charge in [0.15, 0.2) is 6.61 Å². The minimum atomic E-state index is -0.0945. The fourth-order valence-electron chi connectivity index (χ4n) is 2.75. The molecule has 0 aliphatic carbocycles. The second-order valence-corrected chi connectivity index (χ2v) is 6.56. The average molecular weight is 381 g/mol. The van der Waals surface area contributed by atoms with E-state index in [1.54, 1.807) is 35.2 Å². The van der Waals surface area contributed by atoms with Crippen LogP contribution >= 0.6 is 23.2 Å². The summed E-state index contributed by atoms with van der Waals surface area (Å²) in [5.74, 6) is 0.596. The van der Waals surface area contributed by atoms with Crippen molar-refractivity contribution in [2.24, 2.45) is 0 Å². The van der Waals surface area contributed by atoms with Crippen molar-refractivity contribution in [1.82, 2.24) is 4.90 Å². The number of phenols is 1. The van der Waals surface area contributed by atoms with Crippen molar-refractivity contribution < 1.29 is 14.6 Å². The van der Waals surface area contributed by atoms with E-state index in [2.05, 4.69) is 4.90 Å². The SMILES string of the molecule is O=C(COc1ccc(Cl)cc1Cl)N1CCN(c2ccccc2O)CC1. The average Bonchev–Trinajstić information content (AvgIpc) is 2.61. The number of para-hydroxylation sites is 2. The molecule has 0 spiro atoms. The van der Waals surface area contributed by atoms with Crippen molar-refractivity contribution >= 4 is 34.8 Å². The first-order valence-corrected chi connectivity index (χ1v) is 8.69. The predicted octanol–water partition coefficient (Wildman–Crippen LogP) is 3.43. The van der Waals surface area contributed by atoms with E-state index in [4.69, 9.17) is 27.9 Å². The fraction of sp³-hybridized carbons (Fsp3) is 0.278. The second kappa shape index (κ2) is 7.85. The quantitative estimate of drug-likeness (QED) is 0.882. The Balaban J connectivity index is 1.52. The van der Waals surface area contributed by atoms with Gasteiger partial charge in [-0.2, -0.15) is 0 Å². The Morgan fingerprint density at radius 2 is 1.80 bits per heavy atom. The number of anilines is 1. The van der Waals surface area contributed by atoms with Crippen LogP contribution in [0.2, 0.25) is 10.0 Å². The third-order valence-electron chi connectivity index (χ3n) is 4.10. The summed E-state index contributed by atoms with van der Waals surface area (Å²) < 4.78 is 5.50. The summed E-state index contributed by atoms with van der Waals surface area (Å²) >= 11 is 11.9. The number of rotatable bonds is 4. The zero-order chi connectivity index (χ0) is 17.8. The molecule has 25 heavy (non-hydrogen) atoms. The Bertz CT molecular complexity index is 762. The van der Waals surface area contributed by atoms with Crippen molar-refractivity contribution in [1.29, 1.82) is 0 Å². The molecule has 7 heteroatoms. The largest absolute Gasteiger partial charge is 0.506 e. The maximum Gasteiger partial charge on any atom is 0.260 e. The highest BCUT2D eigenvalue weighted by Gasteiger charge is 2.23. The Morgan fingerprint density at radius 3 is 2.48 bits per heavy atom. The third kappa shape index (κ3) is 4.30. The highest BCUT2D eigenvalue weighted by Crippen LogP contribution is 2.28. The van der Waals surface area contributed by atoms with Crippen LogP contribution in [0.1, 0.15) is 0 Å². The van der Waals surface area contributed by atoms with E-state index < -0.39 is 0 Å². The molecule has 1 amide bonds. The minimum absolute atomic E-state index is 0.0715. The maximum atomic E-state index is 12.3. The number of ether oxygens (including phenoxy) is 1. The number of carbonyl (C=O) groups excluding carboxylic acids is 1. The van der Waals surface area contributed by atoms with Crippen molar-refractivity contribution in [3.05, 3.63) is 52.5 Å². The van der Waals surface area contributed by atoms with Gasteiger partial charge in [-0.25, -0.2) is 0 Å². The molecular weight excluding hydrogens is 363 g/mol. The van der Waals surface area contributed by atoms with Gasteiger partial charge in [-0.3, -0.25) is 4.79 Å². The zero-order valence-corrected chi connectivity index (χ0v) is 15.0. The Kier molecular flexibility index (Phi) is 5.56. The van der Waals surface area contributed by atoms with Crippen LogP contribution in [-0.2, 0) is 4.79 Å². The van der Waals surface area contributed by atoms with Gasteiger partial charge in [-0.15, -0.1) is 0 Å². The summed E-state index contributed by atoms with van der Waals surface area (Å²) in [5.41, 5.74) is 0.791. The molecule has 0 saturated carbocycles. The summed E-state index contributed by atoms with van der Waals surface area (Å²) in [5, 5.41) is 10.8. The fourth-order valence-corrected chi connectivity index (χ4v) is 3.21. The molecule has 0 radical (unpaired) electrons. The van der Waals surface area contributed by atoms with Gasteiger partial charge in [0.05, 0.1) is 10.7 Å². The summed E-state index contributed by atoms with van der Waals surface area (Å²) in [6.07, 6.45) is 0. The number of carbonyl (C=O) groups is 1. The summed E-state index contributed by atoms with van der Waals surface area (Å²) in [6, 6.07) is 12.1. The van der Waals surface area contributed by atoms with Crippen molar-refractivity contribution in [3.8, 4) is 11.5 Å². The molecule has 1 heterocycles. The topological polar surface area (TPSA) is 53.0 Å². The molecular formula is C18H18Cl2N2O3. The van der Waals surface area contributed by atoms with Gasteiger partial charge in [0, 0.05) is 31.2 Å². The van der Waals surface area contributed by atoms with E-state index in [1.807, 2.05) is 12.1 Å². The van der Waals surface area contributed by atoms with E-state index >= 15 is 0 Å². The van der Waals surface area contributed by atoms with Gasteiger partial charge < -0.3 is 19.6 Å². The number of phenolic OH excluding ortho intramolecular Hbond substituents is 1. The van der Waals surface area contributed by atoms with Crippen molar-refractivity contribution in [2.45, 2.75) is 0 Å². The minimum Gasteiger partial charge on any atom is -0.506 e. The van der Waals surface area contributed by atoms with Crippen LogP contribution in [0.3, 0.4) is 0 Å². The van der Waals surface area contributed by atoms with Gasteiger partial charge in [0.25, 0.3) is 5.91 Å². The zero-order valence-electron chi connectivity index (χ0n) is 13.5. The van der Waals surface area contributed by atoms with Crippen LogP contribution in [0, 0.1) is 0 Å². The first-order valence-electron chi connectivity index (χ1n) is 7.93. The van der Waals surface area contributed by atoms with Gasteiger partial charge in [-0.1, -0.05) is 35.3 Å². The molecule has 1 aliphatic rings. The second-order valence-electron chi connectivity index (χ2n) is 5.72. The van der Waals surface area contributed by atoms with Gasteiger partial charge in [0.2, 0.25) is 0 Å². The molecule has 0 atom stereocenters. The van der Waals surface area contributed by atoms with Crippen LogP contribution in [0.5, 0.6) is 11.5 Å². The monoisotopic (exact) mass is 380 g/mol. The lowest BCUT2D eigenvalue weighted by molar-refractivity contribution is -0.133. The number of benzene rings is 2. The van der Waals surface area contributed by atoms with Gasteiger partial charge in [-0.05, 0) is 30.3 Å². The summed E-state index contributed by atoms with van der Waals surface area (Å²) in [4.78, 5) is 16.1. The van der Waals surface area contributed by atoms with E-state index in [1.165, 1.54) is 0 Å². The summed E-state index contributed by atoms with van der Waals surface area (Å²) in [6.45, 7) is 2.39. The van der Waals surface area contributed by atoms with E-state index in [0.29, 0.717) is 42.0 Å². The molecule has 5 nitrogen and oxygen atoms in total. The number of hydrogen-bond acceptors (Lipinski definition) is 4. The van der Waals surface area contributed by atoms with Gasteiger partial charge in [0.1, 0.15) is 11.5 Å². The molecule has 0 unspecified atom stereocenters. The first kappa shape index (κ1) is 17.7. The molecule has 2 aromatic rings. The lowest BCUT2D eigenvalue weighted by atomic mass is 10.2. The van der Waals surface area contributed by atoms with E-state index in [-0.39, 0.29) is 18.3 Å². The van der Waals surface area contributed by atoms with E-state index in [9.17, 15) is 9.90 Å². The number of nitrogens with zero attached hydrogens (tertiary/aromatic N) is 2. The van der Waals surface area contributed by atoms with Crippen LogP contribution in [0.15, 0.2) is 42.5 Å². The lowest BCUT2D eigenvalue weighted by Crippen LogP contribution is -2.50. The molecule has 1 N–H and O–H groups in total. The Hall–Kier alpha value is -2.11. The molecule has 0 aromatic heterocycles. The highest BCUT2D eigenvalue weighted by molar-refractivity contribution is 6.35. The highest BCUT2D eigenvalue weighted by atomic mass is 35.5. The Morgan fingerprint density at radius 1 is 1.08 bits per heavy atom. The summed E-state index contributed by atoms with van der Waals surface area (Å²) in [7, 11) is 0. The number of amides is 1. The third-order valence-corrected chi connectivity index (χ3v) is 4.63. The van der Waals surface area contributed by atoms with Crippen molar-refractivity contribution in [2.75, 3.05) is 37.7 Å².